The van der Waals surface area contributed by atoms with Crippen LogP contribution in [0.4, 0.5) is 0 Å². The van der Waals surface area contributed by atoms with E-state index in [1.165, 1.54) is 0 Å². The van der Waals surface area contributed by atoms with Crippen LogP contribution in [0.2, 0.25) is 0 Å². The number of hydrogen-bond acceptors (Lipinski definition) is 3. The van der Waals surface area contributed by atoms with E-state index in [9.17, 15) is 0 Å². The normalized spacial score (nSPS) is 17.1. The zero-order valence-corrected chi connectivity index (χ0v) is 7.94. The number of hydrogen-bond donors (Lipinski definition) is 0. The SMILES string of the molecule is [c]1ccc(OCCC2OCCO2)cc1. The first-order chi connectivity index (χ1) is 6.95. The van der Waals surface area contributed by atoms with Crippen LogP contribution < -0.4 is 4.74 Å². The van der Waals surface area contributed by atoms with Crippen molar-refractivity contribution in [3.05, 3.63) is 30.3 Å². The van der Waals surface area contributed by atoms with Crippen LogP contribution in [0.1, 0.15) is 6.42 Å². The molecule has 0 unspecified atom stereocenters. The van der Waals surface area contributed by atoms with Crippen molar-refractivity contribution in [2.24, 2.45) is 0 Å². The third-order valence-electron chi connectivity index (χ3n) is 2.00. The highest BCUT2D eigenvalue weighted by atomic mass is 16.7. The minimum atomic E-state index is -0.0784. The first-order valence-electron chi connectivity index (χ1n) is 4.77. The Balaban J connectivity index is 1.67. The molecule has 1 heterocycles. The molecule has 0 N–H and O–H groups in total. The molecule has 3 nitrogen and oxygen atoms in total. The summed E-state index contributed by atoms with van der Waals surface area (Å²) in [5.74, 6) is 0.863. The number of rotatable bonds is 4. The fourth-order valence-corrected chi connectivity index (χ4v) is 1.31. The van der Waals surface area contributed by atoms with Gasteiger partial charge in [-0.3, -0.25) is 0 Å². The van der Waals surface area contributed by atoms with Crippen LogP contribution in [0.3, 0.4) is 0 Å². The minimum Gasteiger partial charge on any atom is -0.493 e. The summed E-state index contributed by atoms with van der Waals surface area (Å²) in [7, 11) is 0. The first-order valence-corrected chi connectivity index (χ1v) is 4.77. The Bertz CT molecular complexity index is 254. The lowest BCUT2D eigenvalue weighted by Gasteiger charge is -2.09. The van der Waals surface area contributed by atoms with Gasteiger partial charge in [-0.05, 0) is 18.2 Å². The van der Waals surface area contributed by atoms with Gasteiger partial charge < -0.3 is 14.2 Å². The summed E-state index contributed by atoms with van der Waals surface area (Å²) in [4.78, 5) is 0. The van der Waals surface area contributed by atoms with Gasteiger partial charge in [-0.15, -0.1) is 0 Å². The van der Waals surface area contributed by atoms with E-state index in [-0.39, 0.29) is 6.29 Å². The van der Waals surface area contributed by atoms with E-state index in [4.69, 9.17) is 14.2 Å². The highest BCUT2D eigenvalue weighted by molar-refractivity contribution is 5.20. The molecule has 1 fully saturated rings. The summed E-state index contributed by atoms with van der Waals surface area (Å²) >= 11 is 0. The molecule has 3 heteroatoms. The molecule has 1 aromatic carbocycles. The van der Waals surface area contributed by atoms with Gasteiger partial charge >= 0.3 is 0 Å². The second-order valence-corrected chi connectivity index (χ2v) is 3.04. The van der Waals surface area contributed by atoms with Crippen LogP contribution >= 0.6 is 0 Å². The van der Waals surface area contributed by atoms with Crippen molar-refractivity contribution < 1.29 is 14.2 Å². The molecule has 1 aliphatic rings. The van der Waals surface area contributed by atoms with Crippen molar-refractivity contribution in [1.82, 2.24) is 0 Å². The Kier molecular flexibility index (Phi) is 3.38. The van der Waals surface area contributed by atoms with Gasteiger partial charge in [0, 0.05) is 6.42 Å². The highest BCUT2D eigenvalue weighted by Gasteiger charge is 2.15. The van der Waals surface area contributed by atoms with Crippen molar-refractivity contribution in [3.8, 4) is 5.75 Å². The average Bonchev–Trinajstić information content (AvgIpc) is 2.72. The summed E-state index contributed by atoms with van der Waals surface area (Å²) in [6.45, 7) is 2.02. The smallest absolute Gasteiger partial charge is 0.161 e. The van der Waals surface area contributed by atoms with E-state index in [2.05, 4.69) is 6.07 Å². The monoisotopic (exact) mass is 193 g/mol. The van der Waals surface area contributed by atoms with Crippen LogP contribution in [0.15, 0.2) is 24.3 Å². The summed E-state index contributed by atoms with van der Waals surface area (Å²) in [6.07, 6.45) is 0.698. The highest BCUT2D eigenvalue weighted by Crippen LogP contribution is 2.11. The van der Waals surface area contributed by atoms with Gasteiger partial charge in [0.15, 0.2) is 6.29 Å². The molecular weight excluding hydrogens is 180 g/mol. The second-order valence-electron chi connectivity index (χ2n) is 3.04. The summed E-state index contributed by atoms with van der Waals surface area (Å²) < 4.78 is 16.1. The topological polar surface area (TPSA) is 27.7 Å². The predicted molar refractivity (Wildman–Crippen MR) is 51.1 cm³/mol. The molecule has 0 aromatic heterocycles. The van der Waals surface area contributed by atoms with Crippen LogP contribution in [-0.2, 0) is 9.47 Å². The predicted octanol–water partition coefficient (Wildman–Crippen LogP) is 1.63. The van der Waals surface area contributed by atoms with Gasteiger partial charge in [0.1, 0.15) is 5.75 Å². The van der Waals surface area contributed by atoms with E-state index in [1.54, 1.807) is 0 Å². The molecule has 14 heavy (non-hydrogen) atoms. The van der Waals surface area contributed by atoms with Gasteiger partial charge in [-0.1, -0.05) is 12.1 Å². The summed E-state index contributed by atoms with van der Waals surface area (Å²) in [5.41, 5.74) is 0. The third kappa shape index (κ3) is 2.72. The van der Waals surface area contributed by atoms with Crippen LogP contribution in [0.25, 0.3) is 0 Å². The van der Waals surface area contributed by atoms with Gasteiger partial charge in [0.05, 0.1) is 19.8 Å². The van der Waals surface area contributed by atoms with E-state index in [0.29, 0.717) is 19.8 Å². The quantitative estimate of drug-likeness (QED) is 0.727. The zero-order chi connectivity index (χ0) is 9.64. The molecule has 0 bridgehead atoms. The largest absolute Gasteiger partial charge is 0.493 e. The van der Waals surface area contributed by atoms with Crippen LogP contribution in [0.5, 0.6) is 5.75 Å². The second kappa shape index (κ2) is 4.98. The van der Waals surface area contributed by atoms with Crippen LogP contribution in [-0.4, -0.2) is 26.1 Å². The molecule has 1 saturated heterocycles. The fourth-order valence-electron chi connectivity index (χ4n) is 1.31. The lowest BCUT2D eigenvalue weighted by molar-refractivity contribution is -0.0531. The lowest BCUT2D eigenvalue weighted by Crippen LogP contribution is -2.12. The van der Waals surface area contributed by atoms with Crippen molar-refractivity contribution in [2.45, 2.75) is 12.7 Å². The molecular formula is C11H13O3. The minimum absolute atomic E-state index is 0.0784. The molecule has 1 aromatic rings. The summed E-state index contributed by atoms with van der Waals surface area (Å²) in [6, 6.07) is 10.4. The molecule has 0 amide bonds. The Hall–Kier alpha value is -1.06. The third-order valence-corrected chi connectivity index (χ3v) is 2.00. The maximum Gasteiger partial charge on any atom is 0.161 e. The first kappa shape index (κ1) is 9.49. The van der Waals surface area contributed by atoms with Gasteiger partial charge in [0.25, 0.3) is 0 Å². The Labute approximate surface area is 83.6 Å². The Morgan fingerprint density at radius 3 is 2.71 bits per heavy atom. The van der Waals surface area contributed by atoms with Crippen molar-refractivity contribution in [2.75, 3.05) is 19.8 Å². The van der Waals surface area contributed by atoms with Gasteiger partial charge in [-0.2, -0.15) is 0 Å². The van der Waals surface area contributed by atoms with Crippen molar-refractivity contribution in [1.29, 1.82) is 0 Å². The molecule has 1 aliphatic heterocycles. The van der Waals surface area contributed by atoms with Crippen molar-refractivity contribution >= 4 is 0 Å². The van der Waals surface area contributed by atoms with Crippen molar-refractivity contribution in [3.63, 3.8) is 0 Å². The molecule has 0 spiro atoms. The maximum atomic E-state index is 5.49. The molecule has 2 rings (SSSR count). The zero-order valence-electron chi connectivity index (χ0n) is 7.94. The number of ether oxygens (including phenoxy) is 3. The Morgan fingerprint density at radius 2 is 2.00 bits per heavy atom. The Morgan fingerprint density at radius 1 is 1.29 bits per heavy atom. The average molecular weight is 193 g/mol. The molecule has 0 aliphatic carbocycles. The maximum absolute atomic E-state index is 5.49. The standard InChI is InChI=1S/C11H13O3/c1-2-4-10(5-3-1)12-7-6-11-13-8-9-14-11/h2-5,11H,6-9H2. The molecule has 1 radical (unpaired) electrons. The fraction of sp³-hybridized carbons (Fsp3) is 0.455. The number of benzene rings is 1. The molecule has 0 atom stereocenters. The van der Waals surface area contributed by atoms with Crippen LogP contribution in [0, 0.1) is 6.07 Å². The summed E-state index contributed by atoms with van der Waals surface area (Å²) in [5, 5.41) is 0. The van der Waals surface area contributed by atoms with Gasteiger partial charge in [0.2, 0.25) is 0 Å². The molecule has 75 valence electrons. The van der Waals surface area contributed by atoms with E-state index < -0.39 is 0 Å². The van der Waals surface area contributed by atoms with E-state index in [0.717, 1.165) is 12.2 Å². The lowest BCUT2D eigenvalue weighted by atomic mass is 10.3. The van der Waals surface area contributed by atoms with Gasteiger partial charge in [-0.25, -0.2) is 0 Å². The molecule has 0 saturated carbocycles. The van der Waals surface area contributed by atoms with E-state index in [1.807, 2.05) is 24.3 Å². The van der Waals surface area contributed by atoms with E-state index >= 15 is 0 Å².